The molecule has 3 heterocycles. The van der Waals surface area contributed by atoms with Gasteiger partial charge in [0, 0.05) is 11.5 Å². The number of nitrogens with zero attached hydrogens (tertiary/aromatic N) is 1. The van der Waals surface area contributed by atoms with E-state index in [1.165, 1.54) is 4.90 Å². The number of carbonyl (C=O) groups excluding carboxylic acids is 3. The van der Waals surface area contributed by atoms with Gasteiger partial charge in [-0.1, -0.05) is 60.2 Å². The summed E-state index contributed by atoms with van der Waals surface area (Å²) in [7, 11) is 0. The maximum atomic E-state index is 14.2. The molecule has 40 heavy (non-hydrogen) atoms. The third-order valence-corrected chi connectivity index (χ3v) is 8.56. The van der Waals surface area contributed by atoms with Crippen LogP contribution < -0.4 is 19.1 Å². The fourth-order valence-electron chi connectivity index (χ4n) is 6.73. The lowest BCUT2D eigenvalue weighted by molar-refractivity contribution is -0.142. The van der Waals surface area contributed by atoms with E-state index in [-0.39, 0.29) is 18.6 Å². The highest BCUT2D eigenvalue weighted by Gasteiger charge is 2.60. The second kappa shape index (κ2) is 8.29. The first-order chi connectivity index (χ1) is 19.5. The van der Waals surface area contributed by atoms with E-state index < -0.39 is 29.6 Å². The number of esters is 1. The second-order valence-electron chi connectivity index (χ2n) is 10.7. The molecule has 196 valence electrons. The largest absolute Gasteiger partial charge is 0.454 e. The number of hydrogen-bond acceptors (Lipinski definition) is 6. The van der Waals surface area contributed by atoms with Gasteiger partial charge in [-0.3, -0.25) is 14.4 Å². The fraction of sp³-hybridized carbons (Fsp3) is 0.182. The number of carbonyl (C=O) groups is 3. The summed E-state index contributed by atoms with van der Waals surface area (Å²) in [4.78, 5) is 43.2. The predicted molar refractivity (Wildman–Crippen MR) is 147 cm³/mol. The van der Waals surface area contributed by atoms with Crippen molar-refractivity contribution in [3.8, 4) is 17.2 Å². The van der Waals surface area contributed by atoms with Crippen LogP contribution in [0.2, 0.25) is 0 Å². The molecule has 4 aromatic carbocycles. The number of allylic oxidation sites excluding steroid dienone is 1. The smallest absolute Gasteiger partial charge is 0.319 e. The van der Waals surface area contributed by atoms with E-state index in [4.69, 9.17) is 14.2 Å². The lowest BCUT2D eigenvalue weighted by atomic mass is 9.64. The lowest BCUT2D eigenvalue weighted by Gasteiger charge is -2.38. The minimum Gasteiger partial charge on any atom is -0.454 e. The van der Waals surface area contributed by atoms with Crippen LogP contribution in [0.4, 0.5) is 5.69 Å². The molecule has 1 saturated heterocycles. The average Bonchev–Trinajstić information content (AvgIpc) is 3.54. The molecule has 0 radical (unpaired) electrons. The Balaban J connectivity index is 1.36. The number of rotatable bonds is 2. The Labute approximate surface area is 229 Å². The number of anilines is 1. The molecule has 7 nitrogen and oxygen atoms in total. The van der Waals surface area contributed by atoms with E-state index in [1.54, 1.807) is 18.2 Å². The Morgan fingerprint density at radius 1 is 0.775 bits per heavy atom. The molecular formula is C33H23NO6. The van der Waals surface area contributed by atoms with E-state index in [0.29, 0.717) is 22.9 Å². The van der Waals surface area contributed by atoms with Gasteiger partial charge in [0.15, 0.2) is 11.5 Å². The molecule has 0 spiro atoms. The van der Waals surface area contributed by atoms with Crippen LogP contribution in [0.15, 0.2) is 84.9 Å². The van der Waals surface area contributed by atoms with Crippen LogP contribution in [-0.2, 0) is 14.4 Å². The normalized spacial score (nSPS) is 24.4. The molecule has 3 aliphatic heterocycles. The summed E-state index contributed by atoms with van der Waals surface area (Å²) in [5.41, 5.74) is 3.84. The molecule has 4 aliphatic rings. The molecule has 4 aromatic rings. The summed E-state index contributed by atoms with van der Waals surface area (Å²) in [6, 6.07) is 24.5. The zero-order valence-electron chi connectivity index (χ0n) is 21.5. The van der Waals surface area contributed by atoms with Crippen LogP contribution in [-0.4, -0.2) is 24.6 Å². The number of ether oxygens (including phenoxy) is 3. The highest BCUT2D eigenvalue weighted by molar-refractivity contribution is 6.25. The Kier molecular flexibility index (Phi) is 4.77. The van der Waals surface area contributed by atoms with Crippen LogP contribution in [0.25, 0.3) is 16.3 Å². The number of amides is 2. The molecule has 2 amide bonds. The van der Waals surface area contributed by atoms with Gasteiger partial charge in [0.2, 0.25) is 18.6 Å². The molecule has 4 atom stereocenters. The zero-order valence-corrected chi connectivity index (χ0v) is 21.5. The molecule has 0 bridgehead atoms. The van der Waals surface area contributed by atoms with Crippen molar-refractivity contribution in [3.05, 3.63) is 102 Å². The van der Waals surface area contributed by atoms with E-state index in [1.807, 2.05) is 73.7 Å². The van der Waals surface area contributed by atoms with Gasteiger partial charge in [0.1, 0.15) is 5.75 Å². The van der Waals surface area contributed by atoms with Crippen LogP contribution in [0.1, 0.15) is 22.6 Å². The van der Waals surface area contributed by atoms with Crippen LogP contribution in [0.5, 0.6) is 17.2 Å². The summed E-state index contributed by atoms with van der Waals surface area (Å²) in [5, 5.41) is 1.93. The standard InChI is InChI=1S/C33H23NO6/c1-17-6-10-20(11-7-17)34-31(35)28-22(19-9-12-24-26(14-19)39-16-38-24)15-23-27-21-5-3-2-4-18(21)8-13-25(27)40-33(37)29(23)30(28)32(34)36/h2-15,22,28-30H,16H2,1H3/t22-,28+,29+,30-/m0/s1. The average molecular weight is 530 g/mol. The van der Waals surface area contributed by atoms with Gasteiger partial charge in [-0.2, -0.15) is 0 Å². The zero-order chi connectivity index (χ0) is 27.1. The second-order valence-corrected chi connectivity index (χ2v) is 10.7. The first kappa shape index (κ1) is 23.0. The highest BCUT2D eigenvalue weighted by Crippen LogP contribution is 2.56. The Morgan fingerprint density at radius 3 is 2.38 bits per heavy atom. The minimum atomic E-state index is -0.913. The number of benzene rings is 4. The van der Waals surface area contributed by atoms with Gasteiger partial charge in [-0.25, -0.2) is 4.90 Å². The summed E-state index contributed by atoms with van der Waals surface area (Å²) in [6.45, 7) is 2.07. The van der Waals surface area contributed by atoms with Crippen molar-refractivity contribution >= 4 is 39.8 Å². The third kappa shape index (κ3) is 3.14. The fourth-order valence-corrected chi connectivity index (χ4v) is 6.73. The quantitative estimate of drug-likeness (QED) is 0.197. The van der Waals surface area contributed by atoms with E-state index in [0.717, 1.165) is 33.0 Å². The summed E-state index contributed by atoms with van der Waals surface area (Å²) in [5.74, 6) is -2.62. The molecule has 1 fully saturated rings. The van der Waals surface area contributed by atoms with Crippen molar-refractivity contribution in [3.63, 3.8) is 0 Å². The van der Waals surface area contributed by atoms with E-state index in [9.17, 15) is 14.4 Å². The molecule has 8 rings (SSSR count). The summed E-state index contributed by atoms with van der Waals surface area (Å²) < 4.78 is 17.0. The van der Waals surface area contributed by atoms with Gasteiger partial charge >= 0.3 is 5.97 Å². The SMILES string of the molecule is Cc1ccc(N2C(=O)[C@@H]3[C@@H]4C(=O)Oc5ccc6ccccc6c5C4=C[C@@H](c4ccc5c(c4)OCO5)[C@H]3C2=O)cc1. The number of hydrogen-bond donors (Lipinski definition) is 0. The Morgan fingerprint density at radius 2 is 1.52 bits per heavy atom. The Bertz CT molecular complexity index is 1810. The van der Waals surface area contributed by atoms with Crippen LogP contribution in [0.3, 0.4) is 0 Å². The van der Waals surface area contributed by atoms with E-state index in [2.05, 4.69) is 0 Å². The summed E-state index contributed by atoms with van der Waals surface area (Å²) in [6.07, 6.45) is 2.00. The highest BCUT2D eigenvalue weighted by atomic mass is 16.7. The van der Waals surface area contributed by atoms with Gasteiger partial charge in [-0.15, -0.1) is 0 Å². The molecule has 1 aliphatic carbocycles. The van der Waals surface area contributed by atoms with Crippen molar-refractivity contribution < 1.29 is 28.6 Å². The summed E-state index contributed by atoms with van der Waals surface area (Å²) >= 11 is 0. The van der Waals surface area contributed by atoms with E-state index >= 15 is 0 Å². The molecule has 0 saturated carbocycles. The molecule has 7 heteroatoms. The first-order valence-corrected chi connectivity index (χ1v) is 13.3. The van der Waals surface area contributed by atoms with Gasteiger partial charge < -0.3 is 14.2 Å². The first-order valence-electron chi connectivity index (χ1n) is 13.3. The third-order valence-electron chi connectivity index (χ3n) is 8.56. The number of imide groups is 1. The maximum Gasteiger partial charge on any atom is 0.319 e. The minimum absolute atomic E-state index is 0.127. The van der Waals surface area contributed by atoms with Crippen molar-refractivity contribution in [2.24, 2.45) is 17.8 Å². The van der Waals surface area contributed by atoms with Crippen LogP contribution in [0, 0.1) is 24.7 Å². The predicted octanol–water partition coefficient (Wildman–Crippen LogP) is 5.40. The molecule has 0 N–H and O–H groups in total. The van der Waals surface area contributed by atoms with Crippen molar-refractivity contribution in [2.45, 2.75) is 12.8 Å². The maximum absolute atomic E-state index is 14.2. The number of fused-ring (bicyclic) bond motifs is 8. The number of aryl methyl sites for hydroxylation is 1. The van der Waals surface area contributed by atoms with Crippen molar-refractivity contribution in [1.29, 1.82) is 0 Å². The molecule has 0 unspecified atom stereocenters. The van der Waals surface area contributed by atoms with Gasteiger partial charge in [0.05, 0.1) is 23.4 Å². The van der Waals surface area contributed by atoms with Gasteiger partial charge in [0.25, 0.3) is 0 Å². The Hall–Kier alpha value is -4.91. The van der Waals surface area contributed by atoms with Crippen molar-refractivity contribution in [1.82, 2.24) is 0 Å². The van der Waals surface area contributed by atoms with Gasteiger partial charge in [-0.05, 0) is 59.2 Å². The monoisotopic (exact) mass is 529 g/mol. The topological polar surface area (TPSA) is 82.1 Å². The van der Waals surface area contributed by atoms with Crippen molar-refractivity contribution in [2.75, 3.05) is 11.7 Å². The van der Waals surface area contributed by atoms with Crippen LogP contribution >= 0.6 is 0 Å². The molecular weight excluding hydrogens is 506 g/mol. The lowest BCUT2D eigenvalue weighted by Crippen LogP contribution is -2.42. The molecule has 0 aromatic heterocycles.